The average molecular weight is 355 g/mol. The van der Waals surface area contributed by atoms with E-state index in [2.05, 4.69) is 6.92 Å². The number of rotatable bonds is 6. The number of ether oxygens (including phenoxy) is 2. The standard InChI is InChI=1S/C21H25NO4/c1-3-4-5-12-25-20(24)17-16-10-11-21(26-16)13-22(19(23)18(17)21)15-8-6-14(2)7-9-15/h6-11,16-18H,3-5,12-13H2,1-2H3/t16-,17-,18+,21-/m0/s1. The van der Waals surface area contributed by atoms with Crippen molar-refractivity contribution in [1.29, 1.82) is 0 Å². The highest BCUT2D eigenvalue weighted by atomic mass is 16.6. The fraction of sp³-hybridized carbons (Fsp3) is 0.524. The molecule has 0 radical (unpaired) electrons. The summed E-state index contributed by atoms with van der Waals surface area (Å²) in [5.41, 5.74) is 1.30. The van der Waals surface area contributed by atoms with Gasteiger partial charge in [-0.15, -0.1) is 0 Å². The molecule has 2 bridgehead atoms. The van der Waals surface area contributed by atoms with Crippen molar-refractivity contribution >= 4 is 17.6 Å². The quantitative estimate of drug-likeness (QED) is 0.447. The van der Waals surface area contributed by atoms with Gasteiger partial charge < -0.3 is 14.4 Å². The predicted octanol–water partition coefficient (Wildman–Crippen LogP) is 3.01. The number of amides is 1. The van der Waals surface area contributed by atoms with Gasteiger partial charge in [0.05, 0.1) is 25.2 Å². The number of carbonyl (C=O) groups excluding carboxylic acids is 2. The van der Waals surface area contributed by atoms with Gasteiger partial charge in [0.1, 0.15) is 11.5 Å². The van der Waals surface area contributed by atoms with Crippen LogP contribution in [-0.2, 0) is 19.1 Å². The molecule has 3 aliphatic heterocycles. The van der Waals surface area contributed by atoms with E-state index in [1.54, 1.807) is 4.90 Å². The van der Waals surface area contributed by atoms with E-state index in [1.807, 2.05) is 43.3 Å². The number of esters is 1. The second-order valence-electron chi connectivity index (χ2n) is 7.53. The Labute approximate surface area is 154 Å². The van der Waals surface area contributed by atoms with E-state index in [9.17, 15) is 9.59 Å². The number of aryl methyl sites for hydroxylation is 1. The van der Waals surface area contributed by atoms with Gasteiger partial charge in [0.2, 0.25) is 5.91 Å². The first-order chi connectivity index (χ1) is 12.6. The zero-order valence-corrected chi connectivity index (χ0v) is 15.3. The van der Waals surface area contributed by atoms with Gasteiger partial charge in [-0.3, -0.25) is 9.59 Å². The third kappa shape index (κ3) is 2.65. The number of carbonyl (C=O) groups is 2. The first-order valence-corrected chi connectivity index (χ1v) is 9.47. The molecule has 0 aromatic heterocycles. The van der Waals surface area contributed by atoms with Gasteiger partial charge in [-0.25, -0.2) is 0 Å². The van der Waals surface area contributed by atoms with Crippen LogP contribution in [0.4, 0.5) is 5.69 Å². The summed E-state index contributed by atoms with van der Waals surface area (Å²) in [6, 6.07) is 7.86. The lowest BCUT2D eigenvalue weighted by atomic mass is 9.77. The van der Waals surface area contributed by atoms with Crippen LogP contribution in [0.1, 0.15) is 31.7 Å². The highest BCUT2D eigenvalue weighted by molar-refractivity contribution is 6.02. The summed E-state index contributed by atoms with van der Waals surface area (Å²) < 4.78 is 11.6. The Balaban J connectivity index is 1.53. The number of unbranched alkanes of at least 4 members (excludes halogenated alkanes) is 2. The zero-order chi connectivity index (χ0) is 18.3. The maximum atomic E-state index is 13.2. The van der Waals surface area contributed by atoms with Crippen molar-refractivity contribution in [2.45, 2.75) is 44.8 Å². The molecule has 1 amide bonds. The highest BCUT2D eigenvalue weighted by Gasteiger charge is 2.67. The normalized spacial score (nSPS) is 31.5. The number of fused-ring (bicyclic) bond motifs is 1. The van der Waals surface area contributed by atoms with E-state index < -0.39 is 17.4 Å². The molecule has 3 heterocycles. The Morgan fingerprint density at radius 2 is 2.08 bits per heavy atom. The number of benzene rings is 1. The first-order valence-electron chi connectivity index (χ1n) is 9.47. The van der Waals surface area contributed by atoms with Crippen molar-refractivity contribution < 1.29 is 19.1 Å². The molecule has 2 fully saturated rings. The zero-order valence-electron chi connectivity index (χ0n) is 15.3. The van der Waals surface area contributed by atoms with E-state index in [1.165, 1.54) is 0 Å². The second-order valence-corrected chi connectivity index (χ2v) is 7.53. The molecule has 1 aromatic carbocycles. The van der Waals surface area contributed by atoms with Crippen molar-refractivity contribution in [2.75, 3.05) is 18.1 Å². The Morgan fingerprint density at radius 3 is 2.81 bits per heavy atom. The van der Waals surface area contributed by atoms with E-state index in [4.69, 9.17) is 9.47 Å². The lowest BCUT2D eigenvalue weighted by molar-refractivity contribution is -0.152. The van der Waals surface area contributed by atoms with Crippen LogP contribution in [0.15, 0.2) is 36.4 Å². The van der Waals surface area contributed by atoms with E-state index in [0.717, 1.165) is 30.5 Å². The molecule has 0 saturated carbocycles. The van der Waals surface area contributed by atoms with Gasteiger partial charge in [-0.05, 0) is 25.5 Å². The van der Waals surface area contributed by atoms with Crippen LogP contribution < -0.4 is 4.90 Å². The fourth-order valence-electron chi connectivity index (χ4n) is 4.33. The van der Waals surface area contributed by atoms with Crippen LogP contribution in [0.25, 0.3) is 0 Å². The van der Waals surface area contributed by atoms with Crippen molar-refractivity contribution in [3.63, 3.8) is 0 Å². The molecular weight excluding hydrogens is 330 g/mol. The third-order valence-corrected chi connectivity index (χ3v) is 5.71. The highest BCUT2D eigenvalue weighted by Crippen LogP contribution is 2.52. The van der Waals surface area contributed by atoms with Crippen LogP contribution in [-0.4, -0.2) is 36.7 Å². The third-order valence-electron chi connectivity index (χ3n) is 5.71. The summed E-state index contributed by atoms with van der Waals surface area (Å²) in [5.74, 6) is -1.38. The Kier molecular flexibility index (Phi) is 4.35. The number of nitrogens with zero attached hydrogens (tertiary/aromatic N) is 1. The maximum Gasteiger partial charge on any atom is 0.312 e. The predicted molar refractivity (Wildman–Crippen MR) is 97.7 cm³/mol. The topological polar surface area (TPSA) is 55.8 Å². The van der Waals surface area contributed by atoms with Crippen LogP contribution in [0, 0.1) is 18.8 Å². The van der Waals surface area contributed by atoms with Crippen LogP contribution >= 0.6 is 0 Å². The molecule has 5 nitrogen and oxygen atoms in total. The van der Waals surface area contributed by atoms with Crippen molar-refractivity contribution in [1.82, 2.24) is 0 Å². The molecule has 1 aromatic rings. The Hall–Kier alpha value is -2.14. The lowest BCUT2D eigenvalue weighted by Gasteiger charge is -2.22. The van der Waals surface area contributed by atoms with Crippen LogP contribution in [0.3, 0.4) is 0 Å². The van der Waals surface area contributed by atoms with Crippen LogP contribution in [0.5, 0.6) is 0 Å². The van der Waals surface area contributed by atoms with E-state index in [-0.39, 0.29) is 18.0 Å². The molecule has 0 N–H and O–H groups in total. The van der Waals surface area contributed by atoms with Gasteiger partial charge >= 0.3 is 5.97 Å². The van der Waals surface area contributed by atoms with E-state index >= 15 is 0 Å². The Bertz CT molecular complexity index is 741. The summed E-state index contributed by atoms with van der Waals surface area (Å²) in [5, 5.41) is 0. The minimum absolute atomic E-state index is 0.0452. The van der Waals surface area contributed by atoms with Crippen molar-refractivity contribution in [2.24, 2.45) is 11.8 Å². The monoisotopic (exact) mass is 355 g/mol. The Morgan fingerprint density at radius 1 is 1.31 bits per heavy atom. The molecule has 0 unspecified atom stereocenters. The minimum atomic E-state index is -0.695. The van der Waals surface area contributed by atoms with Crippen molar-refractivity contribution in [3.8, 4) is 0 Å². The molecule has 3 aliphatic rings. The molecule has 138 valence electrons. The van der Waals surface area contributed by atoms with Gasteiger partial charge in [0, 0.05) is 5.69 Å². The summed E-state index contributed by atoms with van der Waals surface area (Å²) >= 11 is 0. The van der Waals surface area contributed by atoms with Gasteiger partial charge in [-0.1, -0.05) is 49.6 Å². The molecule has 0 aliphatic carbocycles. The SMILES string of the molecule is CCCCCOC(=O)[C@H]1[C@@H]2C=C[C@@]3(CN(c4ccc(C)cc4)C(=O)[C@@H]13)O2. The fourth-order valence-corrected chi connectivity index (χ4v) is 4.33. The second kappa shape index (κ2) is 6.54. The first kappa shape index (κ1) is 17.3. The number of hydrogen-bond acceptors (Lipinski definition) is 4. The molecule has 5 heteroatoms. The number of hydrogen-bond donors (Lipinski definition) is 0. The lowest BCUT2D eigenvalue weighted by Crippen LogP contribution is -2.40. The summed E-state index contributed by atoms with van der Waals surface area (Å²) in [4.78, 5) is 27.6. The average Bonchev–Trinajstić information content (AvgIpc) is 3.28. The molecular formula is C21H25NO4. The number of anilines is 1. The molecule has 4 rings (SSSR count). The molecule has 26 heavy (non-hydrogen) atoms. The van der Waals surface area contributed by atoms with Crippen LogP contribution in [0.2, 0.25) is 0 Å². The minimum Gasteiger partial charge on any atom is -0.465 e. The smallest absolute Gasteiger partial charge is 0.312 e. The van der Waals surface area contributed by atoms with Gasteiger partial charge in [0.25, 0.3) is 0 Å². The van der Waals surface area contributed by atoms with Crippen molar-refractivity contribution in [3.05, 3.63) is 42.0 Å². The van der Waals surface area contributed by atoms with Gasteiger partial charge in [-0.2, -0.15) is 0 Å². The molecule has 4 atom stereocenters. The molecule has 1 spiro atoms. The van der Waals surface area contributed by atoms with Gasteiger partial charge in [0.15, 0.2) is 0 Å². The summed E-state index contributed by atoms with van der Waals surface area (Å²) in [6.07, 6.45) is 6.50. The maximum absolute atomic E-state index is 13.2. The largest absolute Gasteiger partial charge is 0.465 e. The van der Waals surface area contributed by atoms with E-state index in [0.29, 0.717) is 13.2 Å². The summed E-state index contributed by atoms with van der Waals surface area (Å²) in [7, 11) is 0. The summed E-state index contributed by atoms with van der Waals surface area (Å²) in [6.45, 7) is 4.99. The molecule has 2 saturated heterocycles.